The van der Waals surface area contributed by atoms with Crippen molar-refractivity contribution in [2.75, 3.05) is 18.9 Å². The van der Waals surface area contributed by atoms with Crippen LogP contribution in [0.4, 0.5) is 10.1 Å². The fourth-order valence-electron chi connectivity index (χ4n) is 3.78. The number of rotatable bonds is 6. The van der Waals surface area contributed by atoms with Crippen LogP contribution in [0.5, 0.6) is 0 Å². The molecule has 2 atom stereocenters. The standard InChI is InChI=1S/C22H26ClFN8O2/c1-28-22(27)30-10-13-7-12-6-11(9-29-21(25)26)2-4-15(12)18(13)32-20(34)19(33)31-14-3-5-16(23)17(24)8-14/h2-6,8,13,18H,7,9-10H2,1H3,(H,31,33)(H,32,34)(H4,25,26,29)(H3,27,28,30)/t13-,18-/m1/s1. The molecule has 0 aliphatic heterocycles. The van der Waals surface area contributed by atoms with Crippen molar-refractivity contribution >= 4 is 41.0 Å². The number of benzene rings is 2. The molecule has 12 heteroatoms. The van der Waals surface area contributed by atoms with Gasteiger partial charge in [0.25, 0.3) is 0 Å². The molecule has 0 radical (unpaired) electrons. The highest BCUT2D eigenvalue weighted by atomic mass is 35.5. The molecule has 0 heterocycles. The summed E-state index contributed by atoms with van der Waals surface area (Å²) in [5.41, 5.74) is 8.22. The monoisotopic (exact) mass is 488 g/mol. The minimum absolute atomic E-state index is 0.0923. The summed E-state index contributed by atoms with van der Waals surface area (Å²) < 4.78 is 13.6. The molecule has 3 rings (SSSR count). The maximum Gasteiger partial charge on any atom is 0.313 e. The molecule has 1 aliphatic carbocycles. The summed E-state index contributed by atoms with van der Waals surface area (Å²) in [6, 6.07) is 8.92. The van der Waals surface area contributed by atoms with E-state index in [1.54, 1.807) is 7.05 Å². The van der Waals surface area contributed by atoms with Crippen molar-refractivity contribution in [1.82, 2.24) is 21.3 Å². The summed E-state index contributed by atoms with van der Waals surface area (Å²) in [6.45, 7) is 0.761. The van der Waals surface area contributed by atoms with Crippen LogP contribution in [0.1, 0.15) is 22.7 Å². The number of nitrogens with one attached hydrogen (secondary N) is 7. The second-order valence-corrected chi connectivity index (χ2v) is 8.21. The van der Waals surface area contributed by atoms with Crippen molar-refractivity contribution in [3.05, 3.63) is 63.9 Å². The normalized spacial score (nSPS) is 16.2. The maximum absolute atomic E-state index is 13.6. The van der Waals surface area contributed by atoms with Gasteiger partial charge in [-0.25, -0.2) is 4.39 Å². The number of halogens is 2. The highest BCUT2D eigenvalue weighted by molar-refractivity contribution is 6.39. The fourth-order valence-corrected chi connectivity index (χ4v) is 3.89. The number of amides is 2. The molecule has 0 saturated carbocycles. The van der Waals surface area contributed by atoms with Crippen LogP contribution in [-0.4, -0.2) is 37.3 Å². The van der Waals surface area contributed by atoms with E-state index in [9.17, 15) is 14.0 Å². The van der Waals surface area contributed by atoms with Crippen LogP contribution < -0.4 is 32.3 Å². The van der Waals surface area contributed by atoms with Crippen molar-refractivity contribution in [2.45, 2.75) is 19.0 Å². The predicted octanol–water partition coefficient (Wildman–Crippen LogP) is 1.17. The van der Waals surface area contributed by atoms with Gasteiger partial charge in [0.1, 0.15) is 5.82 Å². The first kappa shape index (κ1) is 24.8. The van der Waals surface area contributed by atoms with Crippen LogP contribution in [0.15, 0.2) is 36.4 Å². The Morgan fingerprint density at radius 3 is 2.59 bits per heavy atom. The third kappa shape index (κ3) is 6.13. The number of nitrogens with two attached hydrogens (primary N) is 1. The van der Waals surface area contributed by atoms with E-state index in [0.717, 1.165) is 22.8 Å². The van der Waals surface area contributed by atoms with E-state index >= 15 is 0 Å². The zero-order valence-electron chi connectivity index (χ0n) is 18.4. The molecule has 9 N–H and O–H groups in total. The maximum atomic E-state index is 13.6. The average molecular weight is 489 g/mol. The topological polar surface area (TPSA) is 168 Å². The number of hydrogen-bond acceptors (Lipinski definition) is 4. The van der Waals surface area contributed by atoms with Gasteiger partial charge in [0.2, 0.25) is 0 Å². The van der Waals surface area contributed by atoms with Gasteiger partial charge in [0.05, 0.1) is 11.1 Å². The molecule has 10 nitrogen and oxygen atoms in total. The Morgan fingerprint density at radius 2 is 1.91 bits per heavy atom. The van der Waals surface area contributed by atoms with Crippen LogP contribution in [0.2, 0.25) is 5.02 Å². The summed E-state index contributed by atoms with van der Waals surface area (Å²) >= 11 is 5.65. The van der Waals surface area contributed by atoms with Crippen LogP contribution >= 0.6 is 11.6 Å². The first-order valence-corrected chi connectivity index (χ1v) is 10.8. The van der Waals surface area contributed by atoms with Gasteiger partial charge in [-0.1, -0.05) is 29.8 Å². The zero-order chi connectivity index (χ0) is 24.8. The Bertz CT molecular complexity index is 1130. The number of fused-ring (bicyclic) bond motifs is 1. The van der Waals surface area contributed by atoms with Crippen LogP contribution in [0.25, 0.3) is 0 Å². The predicted molar refractivity (Wildman–Crippen MR) is 128 cm³/mol. The van der Waals surface area contributed by atoms with Gasteiger partial charge in [0, 0.05) is 31.7 Å². The molecule has 2 aromatic carbocycles. The number of hydrogen-bond donors (Lipinski definition) is 8. The lowest BCUT2D eigenvalue weighted by Crippen LogP contribution is -2.43. The van der Waals surface area contributed by atoms with Crippen molar-refractivity contribution in [3.63, 3.8) is 0 Å². The first-order chi connectivity index (χ1) is 16.2. The van der Waals surface area contributed by atoms with Gasteiger partial charge in [0.15, 0.2) is 11.9 Å². The van der Waals surface area contributed by atoms with Crippen molar-refractivity contribution in [3.8, 4) is 0 Å². The molecule has 2 aromatic rings. The van der Waals surface area contributed by atoms with E-state index in [1.165, 1.54) is 12.1 Å². The molecule has 2 amide bonds. The minimum atomic E-state index is -0.938. The Balaban J connectivity index is 1.75. The smallest absolute Gasteiger partial charge is 0.313 e. The van der Waals surface area contributed by atoms with E-state index < -0.39 is 23.7 Å². The Labute approximate surface area is 200 Å². The number of anilines is 1. The summed E-state index contributed by atoms with van der Waals surface area (Å²) in [5.74, 6) is -2.65. The molecule has 34 heavy (non-hydrogen) atoms. The zero-order valence-corrected chi connectivity index (χ0v) is 19.1. The number of carbonyl (C=O) groups excluding carboxylic acids is 2. The molecule has 180 valence electrons. The van der Waals surface area contributed by atoms with Gasteiger partial charge in [-0.15, -0.1) is 0 Å². The fraction of sp³-hybridized carbons (Fsp3) is 0.273. The van der Waals surface area contributed by atoms with Crippen LogP contribution in [0, 0.1) is 22.6 Å². The summed E-state index contributed by atoms with van der Waals surface area (Å²) in [7, 11) is 1.62. The highest BCUT2D eigenvalue weighted by Gasteiger charge is 2.35. The molecule has 1 aliphatic rings. The number of carbonyl (C=O) groups is 2. The van der Waals surface area contributed by atoms with Crippen molar-refractivity contribution in [1.29, 1.82) is 10.8 Å². The molecule has 0 fully saturated rings. The van der Waals surface area contributed by atoms with Gasteiger partial charge in [-0.3, -0.25) is 20.4 Å². The largest absolute Gasteiger partial charge is 0.370 e. The van der Waals surface area contributed by atoms with E-state index in [1.807, 2.05) is 18.2 Å². The third-order valence-corrected chi connectivity index (χ3v) is 5.75. The van der Waals surface area contributed by atoms with Gasteiger partial charge >= 0.3 is 11.8 Å². The third-order valence-electron chi connectivity index (χ3n) is 5.44. The second kappa shape index (κ2) is 10.8. The molecule has 0 saturated heterocycles. The lowest BCUT2D eigenvalue weighted by Gasteiger charge is -2.22. The lowest BCUT2D eigenvalue weighted by molar-refractivity contribution is -0.136. The minimum Gasteiger partial charge on any atom is -0.370 e. The molecule has 0 spiro atoms. The lowest BCUT2D eigenvalue weighted by atomic mass is 10.00. The van der Waals surface area contributed by atoms with Gasteiger partial charge < -0.3 is 32.3 Å². The molecule has 0 unspecified atom stereocenters. The first-order valence-electron chi connectivity index (χ1n) is 10.4. The Morgan fingerprint density at radius 1 is 1.15 bits per heavy atom. The van der Waals surface area contributed by atoms with E-state index in [4.69, 9.17) is 28.2 Å². The second-order valence-electron chi connectivity index (χ2n) is 7.80. The number of guanidine groups is 2. The summed E-state index contributed by atoms with van der Waals surface area (Å²) in [5, 5.41) is 28.5. The molecular weight excluding hydrogens is 463 g/mol. The average Bonchev–Trinajstić information content (AvgIpc) is 3.14. The van der Waals surface area contributed by atoms with E-state index in [-0.39, 0.29) is 28.5 Å². The van der Waals surface area contributed by atoms with Gasteiger partial charge in [-0.05, 0) is 41.3 Å². The van der Waals surface area contributed by atoms with Gasteiger partial charge in [-0.2, -0.15) is 0 Å². The summed E-state index contributed by atoms with van der Waals surface area (Å²) in [6.07, 6.45) is 0.599. The highest BCUT2D eigenvalue weighted by Crippen LogP contribution is 2.36. The quantitative estimate of drug-likeness (QED) is 0.172. The molecule has 0 bridgehead atoms. The SMILES string of the molecule is CNC(=N)NC[C@H]1Cc2cc(CNC(=N)N)ccc2[C@@H]1NC(=O)C(=O)Nc1ccc(Cl)c(F)c1. The van der Waals surface area contributed by atoms with Crippen molar-refractivity contribution in [2.24, 2.45) is 11.7 Å². The molecular formula is C22H26ClFN8O2. The molecule has 0 aromatic heterocycles. The van der Waals surface area contributed by atoms with E-state index in [0.29, 0.717) is 19.5 Å². The van der Waals surface area contributed by atoms with Crippen LogP contribution in [0.3, 0.4) is 0 Å². The Kier molecular flexibility index (Phi) is 7.90. The Hall–Kier alpha value is -3.86. The van der Waals surface area contributed by atoms with Crippen molar-refractivity contribution < 1.29 is 14.0 Å². The summed E-state index contributed by atoms with van der Waals surface area (Å²) in [4.78, 5) is 25.1. The van der Waals surface area contributed by atoms with Crippen LogP contribution in [-0.2, 0) is 22.6 Å². The van der Waals surface area contributed by atoms with E-state index in [2.05, 4.69) is 26.6 Å².